The Balaban J connectivity index is 2.08. The van der Waals surface area contributed by atoms with Crippen molar-refractivity contribution in [3.05, 3.63) is 88.5 Å². The predicted molar refractivity (Wildman–Crippen MR) is 88.7 cm³/mol. The first-order valence-corrected chi connectivity index (χ1v) is 7.55. The van der Waals surface area contributed by atoms with E-state index < -0.39 is 5.78 Å². The Bertz CT molecular complexity index is 920. The molecule has 0 atom stereocenters. The van der Waals surface area contributed by atoms with Crippen molar-refractivity contribution in [2.45, 2.75) is 5.92 Å². The van der Waals surface area contributed by atoms with Gasteiger partial charge in [-0.3, -0.25) is 4.79 Å². The van der Waals surface area contributed by atoms with Crippen LogP contribution in [-0.2, 0) is 0 Å². The summed E-state index contributed by atoms with van der Waals surface area (Å²) in [6.45, 7) is 0. The maximum absolute atomic E-state index is 12.8. The van der Waals surface area contributed by atoms with Gasteiger partial charge in [0, 0.05) is 5.92 Å². The molecule has 118 valence electrons. The molecule has 24 heavy (non-hydrogen) atoms. The highest BCUT2D eigenvalue weighted by Crippen LogP contribution is 2.46. The number of hydrogen-bond acceptors (Lipinski definition) is 4. The quantitative estimate of drug-likeness (QED) is 0.502. The summed E-state index contributed by atoms with van der Waals surface area (Å²) in [5, 5.41) is 30.3. The van der Waals surface area contributed by atoms with Gasteiger partial charge >= 0.3 is 0 Å². The number of hydrogen-bond donors (Lipinski definition) is 3. The molecule has 0 saturated carbocycles. The van der Waals surface area contributed by atoms with E-state index in [1.807, 2.05) is 6.07 Å². The molecular weight excluding hydrogens is 304 g/mol. The Kier molecular flexibility index (Phi) is 3.06. The SMILES string of the molecule is O=C1c2c(O)cccc2C(c2cccc(O)c2)c2cccc(O)c21. The second-order valence-corrected chi connectivity index (χ2v) is 5.84. The Labute approximate surface area is 138 Å². The standard InChI is InChI=1S/C20H14O4/c21-12-5-1-4-11(10-12)17-13-6-2-8-15(22)18(13)20(24)19-14(17)7-3-9-16(19)23/h1-10,17,21-23H. The van der Waals surface area contributed by atoms with Crippen LogP contribution in [0.3, 0.4) is 0 Å². The van der Waals surface area contributed by atoms with E-state index in [0.29, 0.717) is 11.1 Å². The molecule has 3 aromatic carbocycles. The summed E-state index contributed by atoms with van der Waals surface area (Å²) in [4.78, 5) is 12.8. The van der Waals surface area contributed by atoms with Crippen LogP contribution in [0.15, 0.2) is 60.7 Å². The summed E-state index contributed by atoms with van der Waals surface area (Å²) in [5.74, 6) is -0.868. The molecular formula is C20H14O4. The van der Waals surface area contributed by atoms with Crippen LogP contribution in [0.5, 0.6) is 17.2 Å². The first kappa shape index (κ1) is 14.3. The van der Waals surface area contributed by atoms with Crippen LogP contribution in [0.1, 0.15) is 38.5 Å². The van der Waals surface area contributed by atoms with Crippen molar-refractivity contribution in [3.8, 4) is 17.2 Å². The topological polar surface area (TPSA) is 77.8 Å². The number of carbonyl (C=O) groups excluding carboxylic acids is 1. The third-order valence-electron chi connectivity index (χ3n) is 4.43. The molecule has 3 N–H and O–H groups in total. The van der Waals surface area contributed by atoms with Gasteiger partial charge in [0.1, 0.15) is 17.2 Å². The largest absolute Gasteiger partial charge is 0.508 e. The monoisotopic (exact) mass is 318 g/mol. The molecule has 4 nitrogen and oxygen atoms in total. The van der Waals surface area contributed by atoms with E-state index in [1.54, 1.807) is 42.5 Å². The van der Waals surface area contributed by atoms with Gasteiger partial charge in [0.25, 0.3) is 0 Å². The summed E-state index contributed by atoms with van der Waals surface area (Å²) in [7, 11) is 0. The summed E-state index contributed by atoms with van der Waals surface area (Å²) in [6, 6.07) is 16.6. The number of ketones is 1. The van der Waals surface area contributed by atoms with Crippen molar-refractivity contribution >= 4 is 5.78 Å². The molecule has 0 aromatic heterocycles. The smallest absolute Gasteiger partial charge is 0.201 e. The zero-order valence-corrected chi connectivity index (χ0v) is 12.6. The molecule has 0 heterocycles. The Morgan fingerprint density at radius 1 is 0.708 bits per heavy atom. The number of phenols is 3. The van der Waals surface area contributed by atoms with E-state index in [9.17, 15) is 20.1 Å². The second kappa shape index (κ2) is 5.13. The average molecular weight is 318 g/mol. The Morgan fingerprint density at radius 2 is 1.25 bits per heavy atom. The van der Waals surface area contributed by atoms with E-state index in [2.05, 4.69) is 0 Å². The Hall–Kier alpha value is -3.27. The maximum Gasteiger partial charge on any atom is 0.201 e. The van der Waals surface area contributed by atoms with Crippen molar-refractivity contribution in [1.29, 1.82) is 0 Å². The lowest BCUT2D eigenvalue weighted by molar-refractivity contribution is 0.102. The van der Waals surface area contributed by atoms with Crippen LogP contribution in [0.2, 0.25) is 0 Å². The van der Waals surface area contributed by atoms with E-state index in [1.165, 1.54) is 12.1 Å². The molecule has 1 aliphatic rings. The molecule has 0 spiro atoms. The molecule has 0 aliphatic heterocycles. The van der Waals surface area contributed by atoms with E-state index in [0.717, 1.165) is 5.56 Å². The number of phenolic OH excluding ortho intramolecular Hbond substituents is 3. The Morgan fingerprint density at radius 3 is 1.79 bits per heavy atom. The number of benzene rings is 3. The van der Waals surface area contributed by atoms with Crippen molar-refractivity contribution < 1.29 is 20.1 Å². The average Bonchev–Trinajstić information content (AvgIpc) is 2.55. The van der Waals surface area contributed by atoms with Gasteiger partial charge in [-0.2, -0.15) is 0 Å². The zero-order chi connectivity index (χ0) is 16.8. The lowest BCUT2D eigenvalue weighted by atomic mass is 9.74. The number of fused-ring (bicyclic) bond motifs is 2. The molecule has 0 amide bonds. The zero-order valence-electron chi connectivity index (χ0n) is 12.6. The van der Waals surface area contributed by atoms with Crippen molar-refractivity contribution in [2.75, 3.05) is 0 Å². The van der Waals surface area contributed by atoms with Gasteiger partial charge in [0.05, 0.1) is 11.1 Å². The first-order chi connectivity index (χ1) is 11.6. The van der Waals surface area contributed by atoms with Crippen LogP contribution in [0, 0.1) is 0 Å². The van der Waals surface area contributed by atoms with E-state index in [-0.39, 0.29) is 34.3 Å². The van der Waals surface area contributed by atoms with Crippen LogP contribution in [0.25, 0.3) is 0 Å². The minimum atomic E-state index is -0.396. The molecule has 4 rings (SSSR count). The summed E-state index contributed by atoms with van der Waals surface area (Å²) < 4.78 is 0. The molecule has 3 aromatic rings. The lowest BCUT2D eigenvalue weighted by Crippen LogP contribution is -2.20. The van der Waals surface area contributed by atoms with Crippen LogP contribution in [0.4, 0.5) is 0 Å². The first-order valence-electron chi connectivity index (χ1n) is 7.55. The van der Waals surface area contributed by atoms with Gasteiger partial charge in [0.2, 0.25) is 5.78 Å². The molecule has 0 saturated heterocycles. The molecule has 4 heteroatoms. The van der Waals surface area contributed by atoms with Crippen LogP contribution in [-0.4, -0.2) is 21.1 Å². The molecule has 0 bridgehead atoms. The minimum absolute atomic E-state index is 0.114. The fourth-order valence-corrected chi connectivity index (χ4v) is 3.45. The van der Waals surface area contributed by atoms with E-state index >= 15 is 0 Å². The number of carbonyl (C=O) groups is 1. The summed E-state index contributed by atoms with van der Waals surface area (Å²) >= 11 is 0. The van der Waals surface area contributed by atoms with E-state index in [4.69, 9.17) is 0 Å². The summed E-state index contributed by atoms with van der Waals surface area (Å²) in [5.41, 5.74) is 2.48. The van der Waals surface area contributed by atoms with Crippen LogP contribution < -0.4 is 0 Å². The van der Waals surface area contributed by atoms with Gasteiger partial charge in [-0.1, -0.05) is 36.4 Å². The van der Waals surface area contributed by atoms with Gasteiger partial charge in [-0.25, -0.2) is 0 Å². The third kappa shape index (κ3) is 1.97. The fraction of sp³-hybridized carbons (Fsp3) is 0.0500. The molecule has 0 unspecified atom stereocenters. The van der Waals surface area contributed by atoms with Gasteiger partial charge in [0.15, 0.2) is 0 Å². The normalized spacial score (nSPS) is 13.4. The maximum atomic E-state index is 12.8. The second-order valence-electron chi connectivity index (χ2n) is 5.84. The van der Waals surface area contributed by atoms with Gasteiger partial charge in [-0.15, -0.1) is 0 Å². The highest BCUT2D eigenvalue weighted by atomic mass is 16.3. The minimum Gasteiger partial charge on any atom is -0.508 e. The number of aromatic hydroxyl groups is 3. The predicted octanol–water partition coefficient (Wildman–Crippen LogP) is 3.53. The highest BCUT2D eigenvalue weighted by Gasteiger charge is 2.35. The third-order valence-corrected chi connectivity index (χ3v) is 4.43. The van der Waals surface area contributed by atoms with Crippen molar-refractivity contribution in [2.24, 2.45) is 0 Å². The number of rotatable bonds is 1. The summed E-state index contributed by atoms with van der Waals surface area (Å²) in [6.07, 6.45) is 0. The lowest BCUT2D eigenvalue weighted by Gasteiger charge is -2.28. The van der Waals surface area contributed by atoms with Crippen molar-refractivity contribution in [1.82, 2.24) is 0 Å². The molecule has 1 aliphatic carbocycles. The molecule has 0 fully saturated rings. The van der Waals surface area contributed by atoms with Gasteiger partial charge < -0.3 is 15.3 Å². The fourth-order valence-electron chi connectivity index (χ4n) is 3.45. The molecule has 0 radical (unpaired) electrons. The van der Waals surface area contributed by atoms with Crippen LogP contribution >= 0.6 is 0 Å². The van der Waals surface area contributed by atoms with Crippen molar-refractivity contribution in [3.63, 3.8) is 0 Å². The highest BCUT2D eigenvalue weighted by molar-refractivity contribution is 6.16. The van der Waals surface area contributed by atoms with Gasteiger partial charge in [-0.05, 0) is 41.0 Å².